The molecule has 7 heteroatoms. The van der Waals surface area contributed by atoms with E-state index in [1.54, 1.807) is 18.4 Å². The van der Waals surface area contributed by atoms with Gasteiger partial charge in [-0.1, -0.05) is 44.2 Å². The minimum atomic E-state index is -3.70. The molecule has 0 atom stereocenters. The van der Waals surface area contributed by atoms with Crippen molar-refractivity contribution in [1.82, 2.24) is 9.71 Å². The second-order valence-corrected chi connectivity index (χ2v) is 8.56. The van der Waals surface area contributed by atoms with Crippen molar-refractivity contribution >= 4 is 15.8 Å². The number of furan rings is 1. The highest BCUT2D eigenvalue weighted by atomic mass is 32.2. The molecule has 0 unspecified atom stereocenters. The van der Waals surface area contributed by atoms with Gasteiger partial charge in [-0.05, 0) is 41.3 Å². The molecule has 0 radical (unpaired) electrons. The third-order valence-corrected chi connectivity index (χ3v) is 5.64. The molecule has 0 saturated carbocycles. The van der Waals surface area contributed by atoms with Crippen LogP contribution in [0.25, 0.3) is 0 Å². The molecule has 6 nitrogen and oxygen atoms in total. The Hall–Kier alpha value is -2.64. The molecule has 1 aromatic carbocycles. The van der Waals surface area contributed by atoms with Gasteiger partial charge in [-0.3, -0.25) is 0 Å². The van der Waals surface area contributed by atoms with Crippen molar-refractivity contribution in [3.63, 3.8) is 0 Å². The first-order valence-electron chi connectivity index (χ1n) is 9.26. The number of pyridine rings is 1. The number of nitrogens with one attached hydrogen (secondary N) is 2. The maximum atomic E-state index is 12.6. The number of benzene rings is 1. The van der Waals surface area contributed by atoms with Gasteiger partial charge in [-0.2, -0.15) is 0 Å². The van der Waals surface area contributed by atoms with E-state index in [2.05, 4.69) is 28.9 Å². The third-order valence-electron chi connectivity index (χ3n) is 4.34. The van der Waals surface area contributed by atoms with Crippen LogP contribution in [0, 0.1) is 0 Å². The first-order valence-corrected chi connectivity index (χ1v) is 10.7. The number of hydrogen-bond donors (Lipinski definition) is 2. The van der Waals surface area contributed by atoms with Crippen LogP contribution < -0.4 is 10.0 Å². The second kappa shape index (κ2) is 9.03. The maximum absolute atomic E-state index is 12.6. The van der Waals surface area contributed by atoms with E-state index >= 15 is 0 Å². The lowest BCUT2D eigenvalue weighted by atomic mass is 10.0. The number of sulfonamides is 1. The van der Waals surface area contributed by atoms with E-state index in [-0.39, 0.29) is 11.6 Å². The molecule has 28 heavy (non-hydrogen) atoms. The fraction of sp³-hybridized carbons (Fsp3) is 0.286. The summed E-state index contributed by atoms with van der Waals surface area (Å²) in [6.45, 7) is 5.04. The Morgan fingerprint density at radius 2 is 1.89 bits per heavy atom. The van der Waals surface area contributed by atoms with E-state index in [4.69, 9.17) is 4.42 Å². The van der Waals surface area contributed by atoms with Crippen LogP contribution in [0.2, 0.25) is 0 Å². The average molecular weight is 400 g/mol. The summed E-state index contributed by atoms with van der Waals surface area (Å²) in [7, 11) is -3.70. The van der Waals surface area contributed by atoms with Gasteiger partial charge in [0.1, 0.15) is 11.6 Å². The summed E-state index contributed by atoms with van der Waals surface area (Å²) in [5.41, 5.74) is 2.10. The highest BCUT2D eigenvalue weighted by Crippen LogP contribution is 2.16. The van der Waals surface area contributed by atoms with Gasteiger partial charge in [0.05, 0.1) is 6.26 Å². The van der Waals surface area contributed by atoms with Crippen LogP contribution in [0.15, 0.2) is 70.3 Å². The molecule has 0 bridgehead atoms. The maximum Gasteiger partial charge on any atom is 0.258 e. The first-order chi connectivity index (χ1) is 13.4. The summed E-state index contributed by atoms with van der Waals surface area (Å²) < 4.78 is 33.2. The molecule has 2 heterocycles. The van der Waals surface area contributed by atoms with Gasteiger partial charge in [-0.15, -0.1) is 0 Å². The van der Waals surface area contributed by atoms with Gasteiger partial charge in [0.25, 0.3) is 10.0 Å². The Bertz CT molecular complexity index is 999. The zero-order valence-corrected chi connectivity index (χ0v) is 16.9. The van der Waals surface area contributed by atoms with Gasteiger partial charge in [-0.25, -0.2) is 18.1 Å². The first kappa shape index (κ1) is 20.1. The van der Waals surface area contributed by atoms with Gasteiger partial charge >= 0.3 is 0 Å². The summed E-state index contributed by atoms with van der Waals surface area (Å²) in [5, 5.41) is 3.12. The van der Waals surface area contributed by atoms with E-state index in [1.165, 1.54) is 11.6 Å². The molecular weight excluding hydrogens is 374 g/mol. The largest absolute Gasteiger partial charge is 0.469 e. The number of anilines is 1. The van der Waals surface area contributed by atoms with Gasteiger partial charge in [0.2, 0.25) is 0 Å². The van der Waals surface area contributed by atoms with E-state index in [0.29, 0.717) is 24.7 Å². The third kappa shape index (κ3) is 5.43. The normalized spacial score (nSPS) is 11.7. The molecule has 148 valence electrons. The summed E-state index contributed by atoms with van der Waals surface area (Å²) in [4.78, 5) is 4.23. The fourth-order valence-electron chi connectivity index (χ4n) is 2.75. The predicted octanol–water partition coefficient (Wildman–Crippen LogP) is 3.93. The van der Waals surface area contributed by atoms with Crippen LogP contribution in [-0.2, 0) is 23.0 Å². The molecule has 0 fully saturated rings. The Balaban J connectivity index is 1.62. The average Bonchev–Trinajstić information content (AvgIpc) is 3.20. The molecular formula is C21H25N3O3S. The Kier molecular flexibility index (Phi) is 6.49. The van der Waals surface area contributed by atoms with E-state index in [0.717, 1.165) is 11.3 Å². The lowest BCUT2D eigenvalue weighted by molar-refractivity contribution is 0.513. The molecule has 3 rings (SSSR count). The SMILES string of the molecule is CC(C)c1cccc(CNS(=O)(=O)c2cccc(NCCc3ccco3)n2)c1. The quantitative estimate of drug-likeness (QED) is 0.569. The van der Waals surface area contributed by atoms with E-state index in [1.807, 2.05) is 36.4 Å². The van der Waals surface area contributed by atoms with Gasteiger partial charge in [0, 0.05) is 19.5 Å². The van der Waals surface area contributed by atoms with Crippen molar-refractivity contribution in [1.29, 1.82) is 0 Å². The highest BCUT2D eigenvalue weighted by Gasteiger charge is 2.16. The van der Waals surface area contributed by atoms with Crippen molar-refractivity contribution < 1.29 is 12.8 Å². The molecule has 0 aliphatic carbocycles. The lowest BCUT2D eigenvalue weighted by Gasteiger charge is -2.11. The topological polar surface area (TPSA) is 84.2 Å². The van der Waals surface area contributed by atoms with Crippen LogP contribution in [0.5, 0.6) is 0 Å². The fourth-order valence-corrected chi connectivity index (χ4v) is 3.73. The molecule has 2 N–H and O–H groups in total. The number of rotatable bonds is 9. The summed E-state index contributed by atoms with van der Waals surface area (Å²) in [5.74, 6) is 1.76. The van der Waals surface area contributed by atoms with E-state index < -0.39 is 10.0 Å². The lowest BCUT2D eigenvalue weighted by Crippen LogP contribution is -2.24. The zero-order valence-electron chi connectivity index (χ0n) is 16.1. The number of nitrogens with zero attached hydrogens (tertiary/aromatic N) is 1. The van der Waals surface area contributed by atoms with Gasteiger partial charge < -0.3 is 9.73 Å². The molecule has 3 aromatic rings. The standard InChI is InChI=1S/C21H25N3O3S/c1-16(2)18-7-3-6-17(14-18)15-23-28(25,26)21-10-4-9-20(24-21)22-12-11-19-8-5-13-27-19/h3-10,13-14,16,23H,11-12,15H2,1-2H3,(H,22,24). The molecule has 0 saturated heterocycles. The van der Waals surface area contributed by atoms with Crippen molar-refractivity contribution in [2.75, 3.05) is 11.9 Å². The summed E-state index contributed by atoms with van der Waals surface area (Å²) in [6, 6.07) is 16.6. The number of aromatic nitrogens is 1. The Morgan fingerprint density at radius 1 is 1.07 bits per heavy atom. The molecule has 0 amide bonds. The minimum absolute atomic E-state index is 0.00415. The molecule has 0 aliphatic rings. The zero-order chi connectivity index (χ0) is 20.0. The Labute approximate surface area is 166 Å². The van der Waals surface area contributed by atoms with Crippen LogP contribution >= 0.6 is 0 Å². The molecule has 0 spiro atoms. The monoisotopic (exact) mass is 399 g/mol. The van der Waals surface area contributed by atoms with Crippen LogP contribution in [0.4, 0.5) is 5.82 Å². The number of hydrogen-bond acceptors (Lipinski definition) is 5. The van der Waals surface area contributed by atoms with E-state index in [9.17, 15) is 8.42 Å². The second-order valence-electron chi connectivity index (χ2n) is 6.84. The predicted molar refractivity (Wildman–Crippen MR) is 110 cm³/mol. The van der Waals surface area contributed by atoms with Crippen LogP contribution in [-0.4, -0.2) is 19.9 Å². The van der Waals surface area contributed by atoms with Crippen molar-refractivity contribution in [3.8, 4) is 0 Å². The smallest absolute Gasteiger partial charge is 0.258 e. The van der Waals surface area contributed by atoms with Crippen LogP contribution in [0.3, 0.4) is 0 Å². The summed E-state index contributed by atoms with van der Waals surface area (Å²) >= 11 is 0. The molecule has 2 aromatic heterocycles. The molecule has 0 aliphatic heterocycles. The minimum Gasteiger partial charge on any atom is -0.469 e. The van der Waals surface area contributed by atoms with Crippen molar-refractivity contribution in [3.05, 3.63) is 77.7 Å². The van der Waals surface area contributed by atoms with Crippen LogP contribution in [0.1, 0.15) is 36.7 Å². The Morgan fingerprint density at radius 3 is 2.64 bits per heavy atom. The highest BCUT2D eigenvalue weighted by molar-refractivity contribution is 7.89. The van der Waals surface area contributed by atoms with Crippen molar-refractivity contribution in [2.45, 2.75) is 37.8 Å². The summed E-state index contributed by atoms with van der Waals surface area (Å²) in [6.07, 6.45) is 2.32. The van der Waals surface area contributed by atoms with Crippen molar-refractivity contribution in [2.24, 2.45) is 0 Å². The van der Waals surface area contributed by atoms with Gasteiger partial charge in [0.15, 0.2) is 5.03 Å².